The number of rotatable bonds is 3. The zero-order chi connectivity index (χ0) is 13.5. The van der Waals surface area contributed by atoms with Crippen LogP contribution in [0, 0.1) is 28.6 Å². The monoisotopic (exact) mass is 277 g/mol. The van der Waals surface area contributed by atoms with Crippen molar-refractivity contribution in [2.24, 2.45) is 17.3 Å². The van der Waals surface area contributed by atoms with Crippen LogP contribution in [0.5, 0.6) is 0 Å². The summed E-state index contributed by atoms with van der Waals surface area (Å²) in [5.41, 5.74) is -0.362. The zero-order valence-electron chi connectivity index (χ0n) is 11.4. The Kier molecular flexibility index (Phi) is 3.23. The number of ether oxygens (including phenoxy) is 1. The lowest BCUT2D eigenvalue weighted by Crippen LogP contribution is -2.61. The highest BCUT2D eigenvalue weighted by atomic mass is 35.5. The van der Waals surface area contributed by atoms with Gasteiger partial charge in [0.05, 0.1) is 12.7 Å². The van der Waals surface area contributed by atoms with Crippen LogP contribution >= 0.6 is 11.6 Å². The predicted molar refractivity (Wildman–Crippen MR) is 75.5 cm³/mol. The summed E-state index contributed by atoms with van der Waals surface area (Å²) in [5, 5.41) is 10.5. The molecular formula is C16H20ClNO. The first-order valence-electron chi connectivity index (χ1n) is 7.25. The third-order valence-electron chi connectivity index (χ3n) is 5.48. The average Bonchev–Trinajstić information content (AvgIpc) is 2.61. The van der Waals surface area contributed by atoms with Crippen molar-refractivity contribution in [3.63, 3.8) is 0 Å². The maximum absolute atomic E-state index is 9.66. The van der Waals surface area contributed by atoms with Gasteiger partial charge < -0.3 is 4.74 Å². The van der Waals surface area contributed by atoms with Gasteiger partial charge in [-0.3, -0.25) is 0 Å². The number of hydrogen-bond acceptors (Lipinski definition) is 2. The Morgan fingerprint density at radius 2 is 2.42 bits per heavy atom. The van der Waals surface area contributed by atoms with Crippen LogP contribution < -0.4 is 0 Å². The Morgan fingerprint density at radius 1 is 1.58 bits per heavy atom. The van der Waals surface area contributed by atoms with Crippen molar-refractivity contribution in [2.45, 2.75) is 44.6 Å². The molecular weight excluding hydrogens is 258 g/mol. The molecule has 1 saturated carbocycles. The van der Waals surface area contributed by atoms with Crippen LogP contribution in [0.2, 0.25) is 0 Å². The molecule has 0 bridgehead atoms. The number of fused-ring (bicyclic) bond motifs is 1. The van der Waals surface area contributed by atoms with E-state index in [0.29, 0.717) is 11.8 Å². The summed E-state index contributed by atoms with van der Waals surface area (Å²) < 4.78 is 5.83. The van der Waals surface area contributed by atoms with Gasteiger partial charge in [0, 0.05) is 16.4 Å². The Hall–Kier alpha value is -0.780. The second-order valence-electron chi connectivity index (χ2n) is 6.19. The normalized spacial score (nSPS) is 44.2. The van der Waals surface area contributed by atoms with Gasteiger partial charge in [0.2, 0.25) is 0 Å². The van der Waals surface area contributed by atoms with Gasteiger partial charge in [-0.2, -0.15) is 5.26 Å². The first-order valence-corrected chi connectivity index (χ1v) is 7.63. The van der Waals surface area contributed by atoms with Crippen LogP contribution in [0.3, 0.4) is 0 Å². The Morgan fingerprint density at radius 3 is 2.95 bits per heavy atom. The molecule has 2 aliphatic carbocycles. The maximum atomic E-state index is 9.66. The van der Waals surface area contributed by atoms with E-state index in [1.165, 1.54) is 0 Å². The smallest absolute Gasteiger partial charge is 0.164 e. The van der Waals surface area contributed by atoms with Gasteiger partial charge in [-0.15, -0.1) is 0 Å². The topological polar surface area (TPSA) is 33.0 Å². The van der Waals surface area contributed by atoms with E-state index in [2.05, 4.69) is 25.1 Å². The molecule has 1 heterocycles. The zero-order valence-corrected chi connectivity index (χ0v) is 12.1. The molecule has 0 aromatic carbocycles. The quantitative estimate of drug-likeness (QED) is 0.775. The molecule has 2 unspecified atom stereocenters. The molecule has 0 N–H and O–H groups in total. The second-order valence-corrected chi connectivity index (χ2v) is 6.62. The van der Waals surface area contributed by atoms with Gasteiger partial charge in [0.25, 0.3) is 0 Å². The number of halogens is 1. The molecule has 0 aromatic heterocycles. The summed E-state index contributed by atoms with van der Waals surface area (Å²) in [6.07, 6.45) is 11.6. The molecule has 3 rings (SSSR count). The highest BCUT2D eigenvalue weighted by Gasteiger charge is 2.67. The van der Waals surface area contributed by atoms with Gasteiger partial charge in [0.15, 0.2) is 5.60 Å². The molecule has 1 saturated heterocycles. The lowest BCUT2D eigenvalue weighted by atomic mass is 9.65. The van der Waals surface area contributed by atoms with E-state index in [1.54, 1.807) is 0 Å². The summed E-state index contributed by atoms with van der Waals surface area (Å²) in [7, 11) is 0. The van der Waals surface area contributed by atoms with Gasteiger partial charge in [-0.25, -0.2) is 0 Å². The molecule has 3 aliphatic rings. The molecule has 102 valence electrons. The third kappa shape index (κ3) is 1.79. The Bertz CT molecular complexity index is 474. The number of nitrogens with zero attached hydrogens (tertiary/aromatic N) is 1. The molecule has 2 fully saturated rings. The molecule has 0 aromatic rings. The van der Waals surface area contributed by atoms with Crippen molar-refractivity contribution in [1.82, 2.24) is 0 Å². The van der Waals surface area contributed by atoms with E-state index < -0.39 is 5.60 Å². The molecule has 4 atom stereocenters. The molecule has 1 aliphatic heterocycles. The molecule has 3 heteroatoms. The summed E-state index contributed by atoms with van der Waals surface area (Å²) >= 11 is 5.96. The van der Waals surface area contributed by atoms with E-state index >= 15 is 0 Å². The highest BCUT2D eigenvalue weighted by molar-refractivity contribution is 6.31. The van der Waals surface area contributed by atoms with E-state index in [-0.39, 0.29) is 5.41 Å². The van der Waals surface area contributed by atoms with E-state index in [4.69, 9.17) is 16.3 Å². The maximum Gasteiger partial charge on any atom is 0.164 e. The van der Waals surface area contributed by atoms with Crippen LogP contribution in [0.1, 0.15) is 39.0 Å². The SMILES string of the molecule is CC[C@@]12CCC(CC3C=CC(Cl)=CC3)[C@]1(C#N)OC2. The minimum absolute atomic E-state index is 0.137. The van der Waals surface area contributed by atoms with Crippen LogP contribution in [0.15, 0.2) is 23.3 Å². The lowest BCUT2D eigenvalue weighted by molar-refractivity contribution is -0.236. The summed E-state index contributed by atoms with van der Waals surface area (Å²) in [6.45, 7) is 2.97. The lowest BCUT2D eigenvalue weighted by Gasteiger charge is -2.53. The predicted octanol–water partition coefficient (Wildman–Crippen LogP) is 4.17. The van der Waals surface area contributed by atoms with Crippen molar-refractivity contribution < 1.29 is 4.74 Å². The van der Waals surface area contributed by atoms with Crippen molar-refractivity contribution in [3.8, 4) is 6.07 Å². The number of allylic oxidation sites excluding steroid dienone is 4. The number of hydrogen-bond donors (Lipinski definition) is 0. The standard InChI is InChI=1S/C16H20ClNO/c1-2-15-8-7-13(16(15,10-18)19-11-15)9-12-3-5-14(17)6-4-12/h3,5-6,12-13H,2,4,7-9,11H2,1H3/t12?,13?,15-,16-/m0/s1. The van der Waals surface area contributed by atoms with Crippen molar-refractivity contribution >= 4 is 11.6 Å². The fraction of sp³-hybridized carbons (Fsp3) is 0.688. The molecule has 2 nitrogen and oxygen atoms in total. The van der Waals surface area contributed by atoms with Gasteiger partial charge in [-0.1, -0.05) is 30.7 Å². The van der Waals surface area contributed by atoms with E-state index in [9.17, 15) is 5.26 Å². The van der Waals surface area contributed by atoms with Crippen molar-refractivity contribution in [3.05, 3.63) is 23.3 Å². The van der Waals surface area contributed by atoms with Gasteiger partial charge in [0.1, 0.15) is 0 Å². The van der Waals surface area contributed by atoms with Crippen LogP contribution in [-0.4, -0.2) is 12.2 Å². The van der Waals surface area contributed by atoms with Crippen LogP contribution in [0.25, 0.3) is 0 Å². The third-order valence-corrected chi connectivity index (χ3v) is 5.76. The van der Waals surface area contributed by atoms with Crippen molar-refractivity contribution in [2.75, 3.05) is 6.61 Å². The molecule has 19 heavy (non-hydrogen) atoms. The Labute approximate surface area is 120 Å². The first-order chi connectivity index (χ1) is 9.16. The summed E-state index contributed by atoms with van der Waals surface area (Å²) in [4.78, 5) is 0. The largest absolute Gasteiger partial charge is 0.358 e. The molecule has 0 spiro atoms. The van der Waals surface area contributed by atoms with E-state index in [0.717, 1.165) is 43.7 Å². The minimum atomic E-state index is -0.499. The van der Waals surface area contributed by atoms with Crippen LogP contribution in [-0.2, 0) is 4.74 Å². The first kappa shape index (κ1) is 13.2. The fourth-order valence-electron chi connectivity index (χ4n) is 4.14. The molecule has 0 radical (unpaired) electrons. The van der Waals surface area contributed by atoms with Gasteiger partial charge >= 0.3 is 0 Å². The highest BCUT2D eigenvalue weighted by Crippen LogP contribution is 2.62. The van der Waals surface area contributed by atoms with E-state index in [1.807, 2.05) is 6.08 Å². The summed E-state index contributed by atoms with van der Waals surface area (Å²) in [6, 6.07) is 2.53. The van der Waals surface area contributed by atoms with Crippen molar-refractivity contribution in [1.29, 1.82) is 5.26 Å². The average molecular weight is 278 g/mol. The van der Waals surface area contributed by atoms with Crippen LogP contribution in [0.4, 0.5) is 0 Å². The minimum Gasteiger partial charge on any atom is -0.358 e. The fourth-order valence-corrected chi connectivity index (χ4v) is 4.30. The second kappa shape index (κ2) is 4.65. The van der Waals surface area contributed by atoms with Gasteiger partial charge in [-0.05, 0) is 44.1 Å². The molecule has 0 amide bonds. The Balaban J connectivity index is 1.73. The summed E-state index contributed by atoms with van der Waals surface area (Å²) in [5.74, 6) is 0.890. The number of nitriles is 1.